The van der Waals surface area contributed by atoms with Crippen molar-refractivity contribution in [3.8, 4) is 5.75 Å². The van der Waals surface area contributed by atoms with Crippen LogP contribution in [0.25, 0.3) is 0 Å². The highest BCUT2D eigenvalue weighted by Crippen LogP contribution is 2.35. The van der Waals surface area contributed by atoms with Crippen molar-refractivity contribution in [2.45, 2.75) is 25.5 Å². The van der Waals surface area contributed by atoms with E-state index in [1.165, 1.54) is 6.07 Å². The molecule has 0 amide bonds. The van der Waals surface area contributed by atoms with Crippen LogP contribution in [0.1, 0.15) is 18.7 Å². The average molecular weight is 359 g/mol. The highest BCUT2D eigenvalue weighted by molar-refractivity contribution is 5.36. The van der Waals surface area contributed by atoms with E-state index < -0.39 is 6.36 Å². The Kier molecular flexibility index (Phi) is 5.83. The fraction of sp³-hybridized carbons (Fsp3) is 0.647. The average Bonchev–Trinajstić information content (AvgIpc) is 2.56. The summed E-state index contributed by atoms with van der Waals surface area (Å²) in [5.41, 5.74) is 0.552. The van der Waals surface area contributed by atoms with Gasteiger partial charge in [-0.15, -0.1) is 13.2 Å². The van der Waals surface area contributed by atoms with Crippen molar-refractivity contribution in [2.24, 2.45) is 0 Å². The minimum Gasteiger partial charge on any atom is -0.405 e. The highest BCUT2D eigenvalue weighted by Gasteiger charge is 2.36. The van der Waals surface area contributed by atoms with Crippen molar-refractivity contribution in [3.63, 3.8) is 0 Å². The van der Waals surface area contributed by atoms with Crippen molar-refractivity contribution < 1.29 is 22.6 Å². The third-order valence-corrected chi connectivity index (χ3v) is 4.56. The first-order valence-corrected chi connectivity index (χ1v) is 8.58. The minimum absolute atomic E-state index is 0.127. The summed E-state index contributed by atoms with van der Waals surface area (Å²) in [6, 6.07) is 6.74. The van der Waals surface area contributed by atoms with Gasteiger partial charge < -0.3 is 14.8 Å². The lowest BCUT2D eigenvalue weighted by atomic mass is 10.1. The Morgan fingerprint density at radius 3 is 2.56 bits per heavy atom. The lowest BCUT2D eigenvalue weighted by molar-refractivity contribution is -0.275. The topological polar surface area (TPSA) is 37.0 Å². The van der Waals surface area contributed by atoms with E-state index in [1.807, 2.05) is 0 Å². The van der Waals surface area contributed by atoms with E-state index in [0.717, 1.165) is 19.6 Å². The molecule has 0 bridgehead atoms. The third-order valence-electron chi connectivity index (χ3n) is 4.56. The lowest BCUT2D eigenvalue weighted by Crippen LogP contribution is -2.55. The van der Waals surface area contributed by atoms with E-state index >= 15 is 0 Å². The van der Waals surface area contributed by atoms with Crippen LogP contribution >= 0.6 is 0 Å². The summed E-state index contributed by atoms with van der Waals surface area (Å²) >= 11 is 0. The van der Waals surface area contributed by atoms with Crippen LogP contribution < -0.4 is 10.1 Å². The number of nitrogens with one attached hydrogen (secondary N) is 1. The first-order valence-electron chi connectivity index (χ1n) is 8.58. The van der Waals surface area contributed by atoms with E-state index in [1.54, 1.807) is 18.2 Å². The Hall–Kier alpha value is -1.35. The van der Waals surface area contributed by atoms with E-state index in [9.17, 15) is 13.2 Å². The van der Waals surface area contributed by atoms with Gasteiger partial charge in [-0.05, 0) is 13.0 Å². The maximum atomic E-state index is 12.9. The van der Waals surface area contributed by atoms with Crippen LogP contribution in [0.5, 0.6) is 5.75 Å². The SMILES string of the molecule is CC1CN(C(c2ccccc2OC(F)(F)F)N2CCOCC2)CCN1. The third kappa shape index (κ3) is 4.84. The number of hydrogen-bond donors (Lipinski definition) is 1. The number of rotatable bonds is 4. The number of hydrogen-bond acceptors (Lipinski definition) is 5. The van der Waals surface area contributed by atoms with Gasteiger partial charge in [0.25, 0.3) is 0 Å². The molecule has 2 fully saturated rings. The molecular formula is C17H24F3N3O2. The summed E-state index contributed by atoms with van der Waals surface area (Å²) < 4.78 is 48.3. The summed E-state index contributed by atoms with van der Waals surface area (Å²) in [6.45, 7) is 6.97. The van der Waals surface area contributed by atoms with Crippen molar-refractivity contribution >= 4 is 0 Å². The first kappa shape index (κ1) is 18.4. The molecule has 0 radical (unpaired) electrons. The van der Waals surface area contributed by atoms with Gasteiger partial charge in [-0.1, -0.05) is 18.2 Å². The predicted molar refractivity (Wildman–Crippen MR) is 87.3 cm³/mol. The molecular weight excluding hydrogens is 335 g/mol. The van der Waals surface area contributed by atoms with Crippen molar-refractivity contribution in [1.29, 1.82) is 0 Å². The fourth-order valence-electron chi connectivity index (χ4n) is 3.54. The Labute approximate surface area is 145 Å². The second-order valence-electron chi connectivity index (χ2n) is 6.46. The molecule has 2 atom stereocenters. The molecule has 2 aliphatic rings. The van der Waals surface area contributed by atoms with Gasteiger partial charge in [0.2, 0.25) is 0 Å². The van der Waals surface area contributed by atoms with Crippen LogP contribution in [0, 0.1) is 0 Å². The number of halogens is 3. The normalized spacial score (nSPS) is 24.9. The zero-order valence-electron chi connectivity index (χ0n) is 14.3. The molecule has 25 heavy (non-hydrogen) atoms. The van der Waals surface area contributed by atoms with Gasteiger partial charge in [-0.3, -0.25) is 9.80 Å². The van der Waals surface area contributed by atoms with E-state index in [4.69, 9.17) is 4.74 Å². The Morgan fingerprint density at radius 2 is 1.88 bits per heavy atom. The maximum Gasteiger partial charge on any atom is 0.573 e. The molecule has 140 valence electrons. The number of ether oxygens (including phenoxy) is 2. The molecule has 0 aromatic heterocycles. The maximum absolute atomic E-state index is 12.9. The largest absolute Gasteiger partial charge is 0.573 e. The molecule has 1 aromatic carbocycles. The summed E-state index contributed by atoms with van der Waals surface area (Å²) in [6.07, 6.45) is -4.96. The molecule has 8 heteroatoms. The van der Waals surface area contributed by atoms with E-state index in [2.05, 4.69) is 26.8 Å². The summed E-state index contributed by atoms with van der Waals surface area (Å²) in [5.74, 6) is -0.127. The Balaban J connectivity index is 1.93. The molecule has 2 aliphatic heterocycles. The van der Waals surface area contributed by atoms with Gasteiger partial charge in [0.15, 0.2) is 0 Å². The van der Waals surface area contributed by atoms with Crippen LogP contribution in [0.3, 0.4) is 0 Å². The Morgan fingerprint density at radius 1 is 1.16 bits per heavy atom. The van der Waals surface area contributed by atoms with Crippen LogP contribution in [-0.2, 0) is 4.74 Å². The number of piperazine rings is 1. The van der Waals surface area contributed by atoms with Gasteiger partial charge in [-0.2, -0.15) is 0 Å². The van der Waals surface area contributed by atoms with Crippen LogP contribution in [0.4, 0.5) is 13.2 Å². The second kappa shape index (κ2) is 7.90. The zero-order chi connectivity index (χ0) is 17.9. The van der Waals surface area contributed by atoms with Crippen molar-refractivity contribution in [1.82, 2.24) is 15.1 Å². The molecule has 1 N–H and O–H groups in total. The van der Waals surface area contributed by atoms with Gasteiger partial charge in [0.1, 0.15) is 5.75 Å². The molecule has 2 heterocycles. The molecule has 3 rings (SSSR count). The number of para-hydroxylation sites is 1. The Bertz CT molecular complexity index is 564. The molecule has 1 aromatic rings. The summed E-state index contributed by atoms with van der Waals surface area (Å²) in [7, 11) is 0. The van der Waals surface area contributed by atoms with E-state index in [-0.39, 0.29) is 18.0 Å². The molecule has 0 aliphatic carbocycles. The van der Waals surface area contributed by atoms with Crippen LogP contribution in [0.15, 0.2) is 24.3 Å². The van der Waals surface area contributed by atoms with Gasteiger partial charge >= 0.3 is 6.36 Å². The molecule has 2 saturated heterocycles. The van der Waals surface area contributed by atoms with Gasteiger partial charge in [0, 0.05) is 44.3 Å². The van der Waals surface area contributed by atoms with E-state index in [0.29, 0.717) is 31.9 Å². The van der Waals surface area contributed by atoms with Gasteiger partial charge in [-0.25, -0.2) is 0 Å². The summed E-state index contributed by atoms with van der Waals surface area (Å²) in [5, 5.41) is 3.38. The standard InChI is InChI=1S/C17H24F3N3O2/c1-13-12-23(7-6-21-13)16(22-8-10-24-11-9-22)14-4-2-3-5-15(14)25-17(18,19)20/h2-5,13,16,21H,6-12H2,1H3. The number of nitrogens with zero attached hydrogens (tertiary/aromatic N) is 2. The lowest BCUT2D eigenvalue weighted by Gasteiger charge is -2.45. The minimum atomic E-state index is -4.71. The number of morpholine rings is 1. The summed E-state index contributed by atoms with van der Waals surface area (Å²) in [4.78, 5) is 4.41. The number of alkyl halides is 3. The first-order chi connectivity index (χ1) is 11.9. The molecule has 0 saturated carbocycles. The second-order valence-corrected chi connectivity index (χ2v) is 6.46. The molecule has 5 nitrogen and oxygen atoms in total. The monoisotopic (exact) mass is 359 g/mol. The van der Waals surface area contributed by atoms with Crippen molar-refractivity contribution in [2.75, 3.05) is 45.9 Å². The van der Waals surface area contributed by atoms with Crippen LogP contribution in [-0.4, -0.2) is 68.1 Å². The van der Waals surface area contributed by atoms with Crippen molar-refractivity contribution in [3.05, 3.63) is 29.8 Å². The molecule has 2 unspecified atom stereocenters. The predicted octanol–water partition coefficient (Wildman–Crippen LogP) is 2.21. The zero-order valence-corrected chi connectivity index (χ0v) is 14.3. The molecule has 0 spiro atoms. The van der Waals surface area contributed by atoms with Gasteiger partial charge in [0.05, 0.1) is 19.4 Å². The van der Waals surface area contributed by atoms with Crippen LogP contribution in [0.2, 0.25) is 0 Å². The smallest absolute Gasteiger partial charge is 0.405 e. The quantitative estimate of drug-likeness (QED) is 0.892. The number of benzene rings is 1. The fourth-order valence-corrected chi connectivity index (χ4v) is 3.54. The highest BCUT2D eigenvalue weighted by atomic mass is 19.4.